The van der Waals surface area contributed by atoms with E-state index in [1.165, 1.54) is 12.5 Å². The molecule has 0 spiro atoms. The molecule has 6 rings (SSSR count). The SMILES string of the molecule is CC(C)C[C@@H]1NC(=O)[C@H](CCCCN)NC(=O)[C@H](CC2CCCCC2)NC(=O)CNC(=O)[C@@H]2CSSC[C@H](NC1=O)C(=O)N[C@@H](Cc1cnc[nH]1)C(=O)N1C[C@H](O)C[C@H]1C(=O)N[C@H](C(N)=O)CSSC[C@H](NC(=O)[C@@H](NC(=O)CNC(=O)[C@@H]1CCC(=O)N1)C(C)C)C(=O)N2. The number of carbonyl (C=O) groups excluding carboxylic acids is 14. The van der Waals surface area contributed by atoms with Crippen LogP contribution in [0.2, 0.25) is 0 Å². The largest absolute Gasteiger partial charge is 0.391 e. The highest BCUT2D eigenvalue weighted by Gasteiger charge is 2.44. The first-order valence-electron chi connectivity index (χ1n) is 31.8. The number of rotatable bonds is 18. The second-order valence-electron chi connectivity index (χ2n) is 24.8. The summed E-state index contributed by atoms with van der Waals surface area (Å²) in [5, 5.41) is 42.8. The predicted octanol–water partition coefficient (Wildman–Crippen LogP) is -4.14. The van der Waals surface area contributed by atoms with Crippen LogP contribution in [0, 0.1) is 17.8 Å². The fraction of sp³-hybridized carbons (Fsp3) is 0.707. The monoisotopic (exact) mass is 1390 g/mol. The molecule has 0 unspecified atom stereocenters. The smallest absolute Gasteiger partial charge is 0.246 e. The van der Waals surface area contributed by atoms with Gasteiger partial charge in [0.25, 0.3) is 0 Å². The van der Waals surface area contributed by atoms with Gasteiger partial charge in [-0.3, -0.25) is 67.1 Å². The van der Waals surface area contributed by atoms with E-state index in [2.05, 4.69) is 73.8 Å². The highest BCUT2D eigenvalue weighted by molar-refractivity contribution is 8.77. The quantitative estimate of drug-likeness (QED) is 0.0490. The van der Waals surface area contributed by atoms with Crippen LogP contribution in [0.5, 0.6) is 0 Å². The van der Waals surface area contributed by atoms with E-state index in [1.807, 2.05) is 0 Å². The summed E-state index contributed by atoms with van der Waals surface area (Å²) in [4.78, 5) is 204. The van der Waals surface area contributed by atoms with Gasteiger partial charge in [0.2, 0.25) is 82.7 Å². The van der Waals surface area contributed by atoms with Crippen LogP contribution in [0.1, 0.15) is 117 Å². The average Bonchev–Trinajstić information content (AvgIpc) is 1.66. The third-order valence-electron chi connectivity index (χ3n) is 16.4. The van der Waals surface area contributed by atoms with Gasteiger partial charge in [-0.05, 0) is 62.8 Å². The number of fused-ring (bicyclic) bond motifs is 6. The number of hydrogen-bond donors (Lipinski definition) is 16. The molecule has 36 heteroatoms. The number of aliphatic hydroxyl groups excluding tert-OH is 1. The van der Waals surface area contributed by atoms with Crippen molar-refractivity contribution in [3.63, 3.8) is 0 Å². The lowest BCUT2D eigenvalue weighted by Gasteiger charge is -2.31. The van der Waals surface area contributed by atoms with Crippen molar-refractivity contribution >= 4 is 126 Å². The maximum absolute atomic E-state index is 15.0. The number of carbonyl (C=O) groups is 14. The predicted molar refractivity (Wildman–Crippen MR) is 350 cm³/mol. The maximum Gasteiger partial charge on any atom is 0.246 e. The van der Waals surface area contributed by atoms with Crippen molar-refractivity contribution < 1.29 is 72.2 Å². The summed E-state index contributed by atoms with van der Waals surface area (Å²) < 4.78 is 0. The minimum absolute atomic E-state index is 0.0109. The molecule has 5 aliphatic rings. The Morgan fingerprint density at radius 2 is 1.34 bits per heavy atom. The second-order valence-corrected chi connectivity index (χ2v) is 29.9. The van der Waals surface area contributed by atoms with E-state index < -0.39 is 168 Å². The molecule has 18 N–H and O–H groups in total. The Bertz CT molecular complexity index is 2860. The van der Waals surface area contributed by atoms with Crippen LogP contribution in [0.4, 0.5) is 0 Å². The zero-order valence-electron chi connectivity index (χ0n) is 53.2. The first kappa shape index (κ1) is 76.1. The maximum atomic E-state index is 15.0. The second kappa shape index (κ2) is 38.0. The minimum Gasteiger partial charge on any atom is -0.391 e. The molecule has 1 aromatic rings. The number of nitrogens with one attached hydrogen (secondary N) is 13. The molecule has 1 saturated carbocycles. The Balaban J connectivity index is 1.40. The first-order chi connectivity index (χ1) is 44.8. The highest BCUT2D eigenvalue weighted by Crippen LogP contribution is 2.29. The molecule has 14 amide bonds. The number of aliphatic hydroxyl groups is 1. The summed E-state index contributed by atoms with van der Waals surface area (Å²) in [6, 6.07) is -15.0. The summed E-state index contributed by atoms with van der Waals surface area (Å²) in [7, 11) is 3.77. The normalized spacial score (nSPS) is 27.8. The zero-order chi connectivity index (χ0) is 68.6. The summed E-state index contributed by atoms with van der Waals surface area (Å²) in [5.41, 5.74) is 12.0. The van der Waals surface area contributed by atoms with Crippen molar-refractivity contribution in [1.29, 1.82) is 0 Å². The van der Waals surface area contributed by atoms with Crippen molar-refractivity contribution in [3.8, 4) is 0 Å². The minimum atomic E-state index is -1.56. The van der Waals surface area contributed by atoms with Gasteiger partial charge in [-0.15, -0.1) is 0 Å². The number of primary amides is 1. The van der Waals surface area contributed by atoms with Crippen LogP contribution in [0.3, 0.4) is 0 Å². The van der Waals surface area contributed by atoms with Gasteiger partial charge in [-0.25, -0.2) is 4.98 Å². The number of imidazole rings is 1. The van der Waals surface area contributed by atoms with Crippen molar-refractivity contribution in [1.82, 2.24) is 78.7 Å². The molecule has 94 heavy (non-hydrogen) atoms. The molecule has 522 valence electrons. The number of hydrogen-bond acceptors (Lipinski definition) is 21. The van der Waals surface area contributed by atoms with Crippen LogP contribution in [-0.2, 0) is 73.5 Å². The molecule has 1 aromatic heterocycles. The fourth-order valence-corrected chi connectivity index (χ4v) is 15.9. The van der Waals surface area contributed by atoms with E-state index in [1.54, 1.807) is 27.7 Å². The van der Waals surface area contributed by atoms with E-state index in [0.29, 0.717) is 18.5 Å². The number of aromatic amines is 1. The van der Waals surface area contributed by atoms with Crippen LogP contribution in [0.25, 0.3) is 0 Å². The van der Waals surface area contributed by atoms with E-state index >= 15 is 0 Å². The van der Waals surface area contributed by atoms with Crippen molar-refractivity contribution in [3.05, 3.63) is 18.2 Å². The lowest BCUT2D eigenvalue weighted by molar-refractivity contribution is -0.142. The highest BCUT2D eigenvalue weighted by atomic mass is 33.1. The summed E-state index contributed by atoms with van der Waals surface area (Å²) in [6.07, 6.45) is 6.74. The molecule has 0 radical (unpaired) electrons. The number of amides is 14. The first-order valence-corrected chi connectivity index (χ1v) is 36.8. The van der Waals surface area contributed by atoms with Gasteiger partial charge in [-0.1, -0.05) is 103 Å². The molecule has 2 bridgehead atoms. The molecule has 5 fully saturated rings. The van der Waals surface area contributed by atoms with E-state index in [4.69, 9.17) is 11.5 Å². The van der Waals surface area contributed by atoms with Gasteiger partial charge in [0.15, 0.2) is 0 Å². The molecule has 1 aliphatic carbocycles. The van der Waals surface area contributed by atoms with E-state index in [9.17, 15) is 72.2 Å². The van der Waals surface area contributed by atoms with Crippen molar-refractivity contribution in [2.75, 3.05) is 49.2 Å². The summed E-state index contributed by atoms with van der Waals surface area (Å²) in [5.74, 6) is -13.4. The van der Waals surface area contributed by atoms with Crippen molar-refractivity contribution in [2.45, 2.75) is 190 Å². The van der Waals surface area contributed by atoms with Crippen LogP contribution in [-0.4, -0.2) is 224 Å². The Labute approximate surface area is 560 Å². The summed E-state index contributed by atoms with van der Waals surface area (Å²) in [6.45, 7) is 5.40. The number of unbranched alkanes of at least 4 members (excludes halogenated alkanes) is 1. The molecule has 4 aliphatic heterocycles. The van der Waals surface area contributed by atoms with Gasteiger partial charge in [0, 0.05) is 60.7 Å². The topological polar surface area (TPSA) is 488 Å². The number of nitrogens with two attached hydrogens (primary N) is 2. The van der Waals surface area contributed by atoms with Gasteiger partial charge < -0.3 is 90.3 Å². The fourth-order valence-electron chi connectivity index (χ4n) is 11.3. The Morgan fingerprint density at radius 1 is 0.691 bits per heavy atom. The molecule has 5 heterocycles. The Kier molecular flexibility index (Phi) is 30.8. The van der Waals surface area contributed by atoms with Crippen LogP contribution < -0.4 is 75.3 Å². The van der Waals surface area contributed by atoms with E-state index in [-0.39, 0.29) is 98.8 Å². The molecule has 0 aromatic carbocycles. The standard InChI is InChI=1S/C58H91N17O15S4/c1-29(2)16-36-52(84)72-41-26-94-92-25-40(50(82)63-21-45(78)66-37(17-31-10-6-5-7-11-31)53(85)67-34(51(83)68-36)12-8-9-15-59)71-55(87)42(73-57(89)47(30(3)4)74-46(79)22-62-49(81)35-13-14-44(77)65-35)27-93-91-24-39(48(60)80)70-56(88)43-19-33(76)23-75(43)58(90)38(69-54(41)86)18-32-20-61-28-64-32/h20,28-31,33-43,47,76H,5-19,21-27,59H2,1-4H3,(H2,60,80)(H,61,64)(H,62,81)(H,63,82)(H,65,77)(H,66,78)(H,67,85)(H,68,83)(H,69,86)(H,70,88)(H,71,87)(H,72,84)(H,73,89)(H,74,79)/t33-,34+,35+,36+,37+,38+,39+,40+,41+,42+,43+,47+/m1/s1. The average molecular weight is 1390 g/mol. The lowest BCUT2D eigenvalue weighted by Crippen LogP contribution is -2.61. The van der Waals surface area contributed by atoms with Gasteiger partial charge >= 0.3 is 0 Å². The Morgan fingerprint density at radius 3 is 1.99 bits per heavy atom. The third kappa shape index (κ3) is 24.1. The van der Waals surface area contributed by atoms with Gasteiger partial charge in [-0.2, -0.15) is 0 Å². The summed E-state index contributed by atoms with van der Waals surface area (Å²) >= 11 is 0. The van der Waals surface area contributed by atoms with Crippen molar-refractivity contribution in [2.24, 2.45) is 29.2 Å². The number of aromatic nitrogens is 2. The lowest BCUT2D eigenvalue weighted by atomic mass is 9.84. The van der Waals surface area contributed by atoms with Crippen LogP contribution in [0.15, 0.2) is 12.5 Å². The number of nitrogens with zero attached hydrogens (tertiary/aromatic N) is 2. The zero-order valence-corrected chi connectivity index (χ0v) is 56.5. The molecule has 32 nitrogen and oxygen atoms in total. The number of H-pyrrole nitrogens is 1. The third-order valence-corrected chi connectivity index (χ3v) is 21.3. The molecule has 4 saturated heterocycles. The van der Waals surface area contributed by atoms with Crippen LogP contribution >= 0.6 is 43.2 Å². The molecular formula is C58H91N17O15S4. The Hall–Kier alpha value is -6.89. The van der Waals surface area contributed by atoms with Gasteiger partial charge in [0.1, 0.15) is 66.5 Å². The van der Waals surface area contributed by atoms with E-state index in [0.717, 1.165) is 80.2 Å². The molecular weight excluding hydrogens is 1300 g/mol. The van der Waals surface area contributed by atoms with Gasteiger partial charge in [0.05, 0.1) is 25.5 Å². The molecule has 12 atom stereocenters.